The predicted molar refractivity (Wildman–Crippen MR) is 73.0 cm³/mol. The van der Waals surface area contributed by atoms with Crippen LogP contribution < -0.4 is 5.32 Å². The Balaban J connectivity index is 2.87. The predicted octanol–water partition coefficient (Wildman–Crippen LogP) is 3.19. The van der Waals surface area contributed by atoms with E-state index < -0.39 is 6.10 Å². The molecule has 1 aromatic rings. The van der Waals surface area contributed by atoms with Gasteiger partial charge in [0.2, 0.25) is 0 Å². The zero-order valence-corrected chi connectivity index (χ0v) is 11.7. The molecule has 0 aromatic heterocycles. The number of aryl methyl sites for hydroxylation is 1. The van der Waals surface area contributed by atoms with Gasteiger partial charge in [-0.3, -0.25) is 0 Å². The summed E-state index contributed by atoms with van der Waals surface area (Å²) in [6.07, 6.45) is 0.425. The van der Waals surface area contributed by atoms with Gasteiger partial charge in [0.05, 0.1) is 6.10 Å². The molecule has 1 aromatic carbocycles. The van der Waals surface area contributed by atoms with Crippen molar-refractivity contribution in [3.8, 4) is 0 Å². The lowest BCUT2D eigenvalue weighted by atomic mass is 9.92. The van der Waals surface area contributed by atoms with Crippen molar-refractivity contribution in [2.45, 2.75) is 46.3 Å². The Kier molecular flexibility index (Phi) is 5.76. The maximum absolute atomic E-state index is 13.2. The molecule has 2 unspecified atom stereocenters. The van der Waals surface area contributed by atoms with E-state index in [0.717, 1.165) is 18.5 Å². The molecule has 0 bridgehead atoms. The SMILES string of the molecule is CCCNC(C(C)C)C(O)c1ccc(F)c(C)c1. The lowest BCUT2D eigenvalue weighted by molar-refractivity contribution is 0.105. The highest BCUT2D eigenvalue weighted by Crippen LogP contribution is 2.23. The first-order valence-electron chi connectivity index (χ1n) is 6.64. The van der Waals surface area contributed by atoms with Crippen LogP contribution in [0.25, 0.3) is 0 Å². The Labute approximate surface area is 109 Å². The van der Waals surface area contributed by atoms with Crippen molar-refractivity contribution in [3.05, 3.63) is 35.1 Å². The van der Waals surface area contributed by atoms with Crippen LogP contribution in [-0.2, 0) is 0 Å². The van der Waals surface area contributed by atoms with Crippen molar-refractivity contribution in [2.75, 3.05) is 6.54 Å². The first-order chi connectivity index (χ1) is 8.47. The molecule has 18 heavy (non-hydrogen) atoms. The fraction of sp³-hybridized carbons (Fsp3) is 0.600. The molecule has 2 N–H and O–H groups in total. The molecule has 2 atom stereocenters. The quantitative estimate of drug-likeness (QED) is 0.816. The van der Waals surface area contributed by atoms with E-state index in [1.54, 1.807) is 19.1 Å². The fourth-order valence-corrected chi connectivity index (χ4v) is 2.08. The maximum Gasteiger partial charge on any atom is 0.126 e. The lowest BCUT2D eigenvalue weighted by Crippen LogP contribution is -2.39. The Morgan fingerprint density at radius 1 is 1.33 bits per heavy atom. The molecule has 0 spiro atoms. The summed E-state index contributed by atoms with van der Waals surface area (Å²) in [5, 5.41) is 13.8. The van der Waals surface area contributed by atoms with Crippen LogP contribution in [0.4, 0.5) is 4.39 Å². The summed E-state index contributed by atoms with van der Waals surface area (Å²) in [7, 11) is 0. The van der Waals surface area contributed by atoms with Gasteiger partial charge >= 0.3 is 0 Å². The maximum atomic E-state index is 13.2. The summed E-state index contributed by atoms with van der Waals surface area (Å²) >= 11 is 0. The van der Waals surface area contributed by atoms with Gasteiger partial charge in [-0.05, 0) is 43.0 Å². The van der Waals surface area contributed by atoms with Crippen molar-refractivity contribution in [3.63, 3.8) is 0 Å². The van der Waals surface area contributed by atoms with Gasteiger partial charge in [-0.25, -0.2) is 4.39 Å². The number of halogens is 1. The molecule has 102 valence electrons. The molecule has 0 fully saturated rings. The molecule has 0 saturated carbocycles. The summed E-state index contributed by atoms with van der Waals surface area (Å²) in [5.74, 6) is 0.0884. The summed E-state index contributed by atoms with van der Waals surface area (Å²) in [6, 6.07) is 4.80. The topological polar surface area (TPSA) is 32.3 Å². The van der Waals surface area contributed by atoms with Gasteiger partial charge in [0.25, 0.3) is 0 Å². The minimum atomic E-state index is -0.601. The van der Waals surface area contributed by atoms with Crippen LogP contribution in [-0.4, -0.2) is 17.7 Å². The second kappa shape index (κ2) is 6.86. The van der Waals surface area contributed by atoms with E-state index in [1.807, 2.05) is 0 Å². The van der Waals surface area contributed by atoms with E-state index in [2.05, 4.69) is 26.1 Å². The van der Waals surface area contributed by atoms with Crippen LogP contribution in [0, 0.1) is 18.7 Å². The highest BCUT2D eigenvalue weighted by Gasteiger charge is 2.23. The average Bonchev–Trinajstić information content (AvgIpc) is 2.32. The zero-order chi connectivity index (χ0) is 13.7. The van der Waals surface area contributed by atoms with Crippen LogP contribution in [0.15, 0.2) is 18.2 Å². The molecule has 2 nitrogen and oxygen atoms in total. The van der Waals surface area contributed by atoms with Gasteiger partial charge in [0.15, 0.2) is 0 Å². The molecular weight excluding hydrogens is 229 g/mol. The summed E-state index contributed by atoms with van der Waals surface area (Å²) in [5.41, 5.74) is 1.35. The molecule has 0 radical (unpaired) electrons. The van der Waals surface area contributed by atoms with Crippen LogP contribution in [0.2, 0.25) is 0 Å². The summed E-state index contributed by atoms with van der Waals surface area (Å²) < 4.78 is 13.2. The molecule has 1 rings (SSSR count). The normalized spacial score (nSPS) is 14.8. The third-order valence-electron chi connectivity index (χ3n) is 3.21. The number of hydrogen-bond acceptors (Lipinski definition) is 2. The van der Waals surface area contributed by atoms with E-state index in [1.165, 1.54) is 6.07 Å². The van der Waals surface area contributed by atoms with E-state index in [-0.39, 0.29) is 11.9 Å². The summed E-state index contributed by atoms with van der Waals surface area (Å²) in [6.45, 7) is 8.84. The van der Waals surface area contributed by atoms with Crippen LogP contribution in [0.3, 0.4) is 0 Å². The molecule has 0 saturated heterocycles. The van der Waals surface area contributed by atoms with E-state index >= 15 is 0 Å². The van der Waals surface area contributed by atoms with E-state index in [4.69, 9.17) is 0 Å². The van der Waals surface area contributed by atoms with E-state index in [0.29, 0.717) is 11.5 Å². The second-order valence-electron chi connectivity index (χ2n) is 5.18. The molecule has 0 aliphatic carbocycles. The Bertz CT molecular complexity index is 379. The monoisotopic (exact) mass is 253 g/mol. The Morgan fingerprint density at radius 2 is 2.00 bits per heavy atom. The van der Waals surface area contributed by atoms with Gasteiger partial charge in [0, 0.05) is 6.04 Å². The molecule has 0 heterocycles. The highest BCUT2D eigenvalue weighted by atomic mass is 19.1. The number of hydrogen-bond donors (Lipinski definition) is 2. The molecule has 0 aliphatic rings. The average molecular weight is 253 g/mol. The smallest absolute Gasteiger partial charge is 0.126 e. The van der Waals surface area contributed by atoms with Gasteiger partial charge < -0.3 is 10.4 Å². The summed E-state index contributed by atoms with van der Waals surface area (Å²) in [4.78, 5) is 0. The standard InChI is InChI=1S/C15H24FNO/c1-5-8-17-14(10(2)3)15(18)12-6-7-13(16)11(4)9-12/h6-7,9-10,14-15,17-18H,5,8H2,1-4H3. The van der Waals surface area contributed by atoms with Crippen molar-refractivity contribution in [2.24, 2.45) is 5.92 Å². The third-order valence-corrected chi connectivity index (χ3v) is 3.21. The van der Waals surface area contributed by atoms with Crippen molar-refractivity contribution >= 4 is 0 Å². The molecule has 0 aliphatic heterocycles. The molecule has 3 heteroatoms. The van der Waals surface area contributed by atoms with Crippen molar-refractivity contribution in [1.29, 1.82) is 0 Å². The number of benzene rings is 1. The lowest BCUT2D eigenvalue weighted by Gasteiger charge is -2.28. The van der Waals surface area contributed by atoms with Crippen molar-refractivity contribution in [1.82, 2.24) is 5.32 Å². The largest absolute Gasteiger partial charge is 0.387 e. The Morgan fingerprint density at radius 3 is 2.50 bits per heavy atom. The number of rotatable bonds is 6. The fourth-order valence-electron chi connectivity index (χ4n) is 2.08. The minimum absolute atomic E-state index is 0.00480. The van der Waals surface area contributed by atoms with Gasteiger partial charge in [-0.2, -0.15) is 0 Å². The van der Waals surface area contributed by atoms with Crippen molar-refractivity contribution < 1.29 is 9.50 Å². The number of aliphatic hydroxyl groups excluding tert-OH is 1. The van der Waals surface area contributed by atoms with E-state index in [9.17, 15) is 9.50 Å². The van der Waals surface area contributed by atoms with Gasteiger partial charge in [-0.1, -0.05) is 32.9 Å². The number of nitrogens with one attached hydrogen (secondary N) is 1. The first-order valence-corrected chi connectivity index (χ1v) is 6.64. The molecule has 0 amide bonds. The van der Waals surface area contributed by atoms with Crippen LogP contribution >= 0.6 is 0 Å². The second-order valence-corrected chi connectivity index (χ2v) is 5.18. The number of aliphatic hydroxyl groups is 1. The zero-order valence-electron chi connectivity index (χ0n) is 11.7. The first kappa shape index (κ1) is 15.1. The minimum Gasteiger partial charge on any atom is -0.387 e. The third kappa shape index (κ3) is 3.79. The Hall–Kier alpha value is -0.930. The highest BCUT2D eigenvalue weighted by molar-refractivity contribution is 5.26. The van der Waals surface area contributed by atoms with Gasteiger partial charge in [-0.15, -0.1) is 0 Å². The van der Waals surface area contributed by atoms with Crippen LogP contribution in [0.1, 0.15) is 44.4 Å². The van der Waals surface area contributed by atoms with Gasteiger partial charge in [0.1, 0.15) is 5.82 Å². The van der Waals surface area contributed by atoms with Crippen LogP contribution in [0.5, 0.6) is 0 Å². The molecular formula is C15H24FNO.